The maximum Gasteiger partial charge on any atom is 0.421 e. The minimum atomic E-state index is -4.77. The third-order valence-corrected chi connectivity index (χ3v) is 7.27. The highest BCUT2D eigenvalue weighted by Crippen LogP contribution is 2.39. The average Bonchev–Trinajstić information content (AvgIpc) is 2.94. The second-order valence-corrected chi connectivity index (χ2v) is 10.2. The van der Waals surface area contributed by atoms with Crippen LogP contribution >= 0.6 is 0 Å². The van der Waals surface area contributed by atoms with E-state index >= 15 is 0 Å². The maximum atomic E-state index is 13.2. The molecule has 0 amide bonds. The van der Waals surface area contributed by atoms with Crippen LogP contribution in [-0.4, -0.2) is 76.0 Å². The lowest BCUT2D eigenvalue weighted by Crippen LogP contribution is -2.53. The Bertz CT molecular complexity index is 1240. The third kappa shape index (κ3) is 7.45. The van der Waals surface area contributed by atoms with Crippen LogP contribution in [0.2, 0.25) is 0 Å². The Morgan fingerprint density at radius 1 is 0.950 bits per heavy atom. The normalized spacial score (nSPS) is 18.3. The van der Waals surface area contributed by atoms with E-state index in [-0.39, 0.29) is 37.2 Å². The highest BCUT2D eigenvalue weighted by atomic mass is 19.4. The van der Waals surface area contributed by atoms with Gasteiger partial charge in [0.1, 0.15) is 6.61 Å². The highest BCUT2D eigenvalue weighted by Gasteiger charge is 2.51. The van der Waals surface area contributed by atoms with E-state index in [1.807, 2.05) is 36.4 Å². The van der Waals surface area contributed by atoms with E-state index in [2.05, 4.69) is 14.8 Å². The van der Waals surface area contributed by atoms with Gasteiger partial charge in [-0.2, -0.15) is 13.2 Å². The summed E-state index contributed by atoms with van der Waals surface area (Å²) in [6, 6.07) is 17.4. The number of piperazine rings is 1. The Kier molecular flexibility index (Phi) is 9.57. The molecule has 1 aliphatic heterocycles. The Hall–Kier alpha value is -3.31. The third-order valence-electron chi connectivity index (χ3n) is 7.27. The molecule has 4 rings (SSSR count). The van der Waals surface area contributed by atoms with Gasteiger partial charge in [-0.25, -0.2) is 0 Å². The number of carbonyl (C=O) groups excluding carboxylic acids is 1. The van der Waals surface area contributed by atoms with Crippen LogP contribution in [-0.2, 0) is 28.2 Å². The van der Waals surface area contributed by atoms with Crippen LogP contribution in [0.15, 0.2) is 73.1 Å². The Balaban J connectivity index is 1.43. The second-order valence-electron chi connectivity index (χ2n) is 10.2. The molecule has 7 nitrogen and oxygen atoms in total. The number of halogens is 3. The van der Waals surface area contributed by atoms with Crippen molar-refractivity contribution in [1.29, 1.82) is 0 Å². The lowest BCUT2D eigenvalue weighted by atomic mass is 9.93. The van der Waals surface area contributed by atoms with Crippen LogP contribution < -0.4 is 0 Å². The van der Waals surface area contributed by atoms with E-state index in [4.69, 9.17) is 9.84 Å². The lowest BCUT2D eigenvalue weighted by molar-refractivity contribution is -0.258. The van der Waals surface area contributed by atoms with E-state index in [9.17, 15) is 23.1 Å². The van der Waals surface area contributed by atoms with Gasteiger partial charge in [-0.1, -0.05) is 48.5 Å². The van der Waals surface area contributed by atoms with Gasteiger partial charge in [0, 0.05) is 51.2 Å². The zero-order valence-electron chi connectivity index (χ0n) is 22.3. The average molecular weight is 558 g/mol. The fourth-order valence-corrected chi connectivity index (χ4v) is 4.85. The molecule has 2 N–H and O–H groups in total. The van der Waals surface area contributed by atoms with Crippen molar-refractivity contribution in [2.24, 2.45) is 0 Å². The first-order chi connectivity index (χ1) is 19.1. The van der Waals surface area contributed by atoms with E-state index in [0.29, 0.717) is 13.1 Å². The summed E-state index contributed by atoms with van der Waals surface area (Å²) in [6.45, 7) is 4.15. The first-order valence-electron chi connectivity index (χ1n) is 13.2. The number of ether oxygens (including phenoxy) is 1. The van der Waals surface area contributed by atoms with Crippen LogP contribution in [0.3, 0.4) is 0 Å². The van der Waals surface area contributed by atoms with Crippen LogP contribution in [0.5, 0.6) is 0 Å². The van der Waals surface area contributed by atoms with E-state index in [1.54, 1.807) is 24.5 Å². The van der Waals surface area contributed by atoms with Crippen molar-refractivity contribution in [3.63, 3.8) is 0 Å². The number of alkyl halides is 3. The molecule has 0 aliphatic carbocycles. The van der Waals surface area contributed by atoms with Crippen LogP contribution in [0, 0.1) is 0 Å². The van der Waals surface area contributed by atoms with Gasteiger partial charge >= 0.3 is 12.1 Å². The topological polar surface area (TPSA) is 86.1 Å². The summed E-state index contributed by atoms with van der Waals surface area (Å²) in [6.07, 6.45) is -1.04. The van der Waals surface area contributed by atoms with Gasteiger partial charge in [0.25, 0.3) is 0 Å². The van der Waals surface area contributed by atoms with E-state index in [1.165, 1.54) is 12.1 Å². The summed E-state index contributed by atoms with van der Waals surface area (Å²) < 4.78 is 44.6. The number of benzene rings is 2. The summed E-state index contributed by atoms with van der Waals surface area (Å²) in [5.74, 6) is -0.349. The number of pyridine rings is 1. The number of nitrogens with zero attached hydrogens (tertiary/aromatic N) is 3. The molecule has 2 atom stereocenters. The number of hydrogen-bond acceptors (Lipinski definition) is 7. The molecular weight excluding hydrogens is 523 g/mol. The molecule has 0 bridgehead atoms. The molecule has 0 radical (unpaired) electrons. The number of aliphatic hydroxyl groups is 2. The van der Waals surface area contributed by atoms with Crippen molar-refractivity contribution < 1.29 is 32.9 Å². The monoisotopic (exact) mass is 557 g/mol. The molecule has 214 valence electrons. The SMILES string of the molecule is CC(O)(c1ccc(-c2ccc(CN3CCN(Cc4ccncc4)CC3CC(=O)OCCO)cc2)cc1)C(F)(F)F. The molecule has 1 saturated heterocycles. The molecule has 40 heavy (non-hydrogen) atoms. The summed E-state index contributed by atoms with van der Waals surface area (Å²) >= 11 is 0. The molecule has 0 spiro atoms. The van der Waals surface area contributed by atoms with Crippen LogP contribution in [0.1, 0.15) is 30.0 Å². The predicted octanol–water partition coefficient (Wildman–Crippen LogP) is 4.13. The summed E-state index contributed by atoms with van der Waals surface area (Å²) in [5.41, 5.74) is 0.633. The predicted molar refractivity (Wildman–Crippen MR) is 144 cm³/mol. The molecule has 10 heteroatoms. The maximum absolute atomic E-state index is 13.2. The van der Waals surface area contributed by atoms with Gasteiger partial charge in [0.05, 0.1) is 13.0 Å². The quantitative estimate of drug-likeness (QED) is 0.363. The zero-order chi connectivity index (χ0) is 28.8. The van der Waals surface area contributed by atoms with Gasteiger partial charge in [-0.3, -0.25) is 19.6 Å². The molecule has 1 fully saturated rings. The number of esters is 1. The van der Waals surface area contributed by atoms with Crippen LogP contribution in [0.25, 0.3) is 11.1 Å². The largest absolute Gasteiger partial charge is 0.463 e. The van der Waals surface area contributed by atoms with Crippen molar-refractivity contribution in [3.8, 4) is 11.1 Å². The number of hydrogen-bond donors (Lipinski definition) is 2. The minimum absolute atomic E-state index is 0.0253. The van der Waals surface area contributed by atoms with E-state index in [0.717, 1.165) is 48.8 Å². The molecule has 0 saturated carbocycles. The van der Waals surface area contributed by atoms with Gasteiger partial charge in [0.15, 0.2) is 5.60 Å². The zero-order valence-corrected chi connectivity index (χ0v) is 22.3. The molecule has 2 unspecified atom stereocenters. The summed E-state index contributed by atoms with van der Waals surface area (Å²) in [5, 5.41) is 18.9. The molecule has 1 aliphatic rings. The van der Waals surface area contributed by atoms with Crippen molar-refractivity contribution in [2.45, 2.75) is 44.3 Å². The lowest BCUT2D eigenvalue weighted by Gasteiger charge is -2.41. The molecule has 1 aromatic heterocycles. The number of aliphatic hydroxyl groups excluding tert-OH is 1. The van der Waals surface area contributed by atoms with Gasteiger partial charge < -0.3 is 14.9 Å². The number of aromatic nitrogens is 1. The Morgan fingerprint density at radius 3 is 2.15 bits per heavy atom. The van der Waals surface area contributed by atoms with Crippen molar-refractivity contribution in [3.05, 3.63) is 89.7 Å². The number of carbonyl (C=O) groups is 1. The van der Waals surface area contributed by atoms with Gasteiger partial charge in [-0.15, -0.1) is 0 Å². The fourth-order valence-electron chi connectivity index (χ4n) is 4.85. The fraction of sp³-hybridized carbons (Fsp3) is 0.400. The van der Waals surface area contributed by atoms with Crippen molar-refractivity contribution in [1.82, 2.24) is 14.8 Å². The first-order valence-corrected chi connectivity index (χ1v) is 13.2. The summed E-state index contributed by atoms with van der Waals surface area (Å²) in [4.78, 5) is 21.0. The highest BCUT2D eigenvalue weighted by molar-refractivity contribution is 5.70. The first kappa shape index (κ1) is 29.7. The van der Waals surface area contributed by atoms with Gasteiger partial charge in [-0.05, 0) is 46.9 Å². The molecule has 2 heterocycles. The second kappa shape index (κ2) is 12.9. The number of rotatable bonds is 10. The van der Waals surface area contributed by atoms with Crippen molar-refractivity contribution >= 4 is 5.97 Å². The Labute approximate surface area is 231 Å². The Morgan fingerprint density at radius 2 is 1.55 bits per heavy atom. The van der Waals surface area contributed by atoms with Crippen molar-refractivity contribution in [2.75, 3.05) is 32.8 Å². The molecular formula is C30H34F3N3O4. The smallest absolute Gasteiger partial charge is 0.421 e. The standard InChI is InChI=1S/C30H34F3N3O4/c1-29(39,30(31,32)33)26-8-6-25(7-9-26)24-4-2-22(3-5-24)20-36-15-14-35(19-23-10-12-34-13-11-23)21-27(36)18-28(38)40-17-16-37/h2-13,27,37,39H,14-21H2,1H3. The minimum Gasteiger partial charge on any atom is -0.463 e. The van der Waals surface area contributed by atoms with Gasteiger partial charge in [0.2, 0.25) is 0 Å². The van der Waals surface area contributed by atoms with E-state index < -0.39 is 11.8 Å². The summed E-state index contributed by atoms with van der Waals surface area (Å²) in [7, 11) is 0. The molecule has 3 aromatic rings. The van der Waals surface area contributed by atoms with Crippen LogP contribution in [0.4, 0.5) is 13.2 Å². The molecule has 2 aromatic carbocycles.